The number of carbonyl (C=O) groups excluding carboxylic acids is 1. The highest BCUT2D eigenvalue weighted by molar-refractivity contribution is 6.74. The maximum Gasteiger partial charge on any atom is 0.192 e. The van der Waals surface area contributed by atoms with Crippen LogP contribution in [0.25, 0.3) is 0 Å². The zero-order valence-electron chi connectivity index (χ0n) is 14.3. The summed E-state index contributed by atoms with van der Waals surface area (Å²) in [6.07, 6.45) is 1.90. The van der Waals surface area contributed by atoms with Crippen molar-refractivity contribution in [2.45, 2.75) is 89.8 Å². The molecule has 0 amide bonds. The Morgan fingerprint density at radius 3 is 2.25 bits per heavy atom. The predicted molar refractivity (Wildman–Crippen MR) is 83.4 cm³/mol. The summed E-state index contributed by atoms with van der Waals surface area (Å²) >= 11 is 0. The van der Waals surface area contributed by atoms with Gasteiger partial charge in [-0.1, -0.05) is 20.8 Å². The van der Waals surface area contributed by atoms with Crippen LogP contribution in [0.1, 0.15) is 54.4 Å². The number of Topliss-reactive ketones (excluding diaryl/α,β-unsaturated/α-hetero) is 1. The van der Waals surface area contributed by atoms with Crippen LogP contribution in [-0.2, 0) is 14.0 Å². The third kappa shape index (κ3) is 2.62. The third-order valence-corrected chi connectivity index (χ3v) is 9.91. The first-order valence-corrected chi connectivity index (χ1v) is 10.6. The number of fused-ring (bicyclic) bond motifs is 1. The van der Waals surface area contributed by atoms with Gasteiger partial charge in [0.1, 0.15) is 5.60 Å². The van der Waals surface area contributed by atoms with Gasteiger partial charge in [0, 0.05) is 12.3 Å². The van der Waals surface area contributed by atoms with Crippen molar-refractivity contribution in [1.29, 1.82) is 0 Å². The van der Waals surface area contributed by atoms with Crippen LogP contribution < -0.4 is 0 Å². The van der Waals surface area contributed by atoms with E-state index in [0.717, 1.165) is 12.8 Å². The molecule has 3 atom stereocenters. The number of ether oxygens (including phenoxy) is 1. The molecule has 0 aromatic rings. The summed E-state index contributed by atoms with van der Waals surface area (Å²) in [5.74, 6) is 0.432. The average Bonchev–Trinajstić information content (AvgIpc) is 2.89. The summed E-state index contributed by atoms with van der Waals surface area (Å²) in [6, 6.07) is 0. The highest BCUT2D eigenvalue weighted by atomic mass is 28.4. The van der Waals surface area contributed by atoms with E-state index in [-0.39, 0.29) is 28.4 Å². The van der Waals surface area contributed by atoms with E-state index in [1.54, 1.807) is 6.92 Å². The number of ketones is 1. The molecular formula is C16H30O3Si. The normalized spacial score (nSPS) is 36.4. The first kappa shape index (κ1) is 16.2. The van der Waals surface area contributed by atoms with Crippen LogP contribution in [0.5, 0.6) is 0 Å². The van der Waals surface area contributed by atoms with Crippen molar-refractivity contribution in [3.8, 4) is 0 Å². The zero-order valence-corrected chi connectivity index (χ0v) is 15.3. The minimum atomic E-state index is -1.80. The van der Waals surface area contributed by atoms with Crippen molar-refractivity contribution < 1.29 is 14.0 Å². The van der Waals surface area contributed by atoms with Crippen molar-refractivity contribution in [1.82, 2.24) is 0 Å². The summed E-state index contributed by atoms with van der Waals surface area (Å²) in [4.78, 5) is 12.0. The molecule has 2 rings (SSSR count). The van der Waals surface area contributed by atoms with Crippen molar-refractivity contribution in [3.05, 3.63) is 0 Å². The second-order valence-electron chi connectivity index (χ2n) is 8.74. The zero-order chi connectivity index (χ0) is 15.6. The summed E-state index contributed by atoms with van der Waals surface area (Å²) in [5, 5.41) is 0.198. The molecular weight excluding hydrogens is 268 g/mol. The molecule has 2 fully saturated rings. The molecule has 0 unspecified atom stereocenters. The van der Waals surface area contributed by atoms with Crippen molar-refractivity contribution >= 4 is 14.1 Å². The van der Waals surface area contributed by atoms with Crippen LogP contribution in [0.3, 0.4) is 0 Å². The summed E-state index contributed by atoms with van der Waals surface area (Å²) in [5.41, 5.74) is -0.819. The molecule has 20 heavy (non-hydrogen) atoms. The van der Waals surface area contributed by atoms with Gasteiger partial charge in [-0.05, 0) is 45.3 Å². The topological polar surface area (TPSA) is 35.5 Å². The van der Waals surface area contributed by atoms with Crippen LogP contribution in [0.4, 0.5) is 0 Å². The molecule has 0 aromatic heterocycles. The van der Waals surface area contributed by atoms with Crippen LogP contribution in [-0.4, -0.2) is 31.4 Å². The second kappa shape index (κ2) is 4.40. The molecule has 2 aliphatic rings. The van der Waals surface area contributed by atoms with Crippen molar-refractivity contribution in [2.75, 3.05) is 0 Å². The first-order valence-electron chi connectivity index (χ1n) is 7.70. The largest absolute Gasteiger partial charge is 0.413 e. The van der Waals surface area contributed by atoms with E-state index >= 15 is 0 Å². The molecule has 1 saturated carbocycles. The third-order valence-electron chi connectivity index (χ3n) is 5.41. The molecule has 1 saturated heterocycles. The van der Waals surface area contributed by atoms with Gasteiger partial charge in [0.25, 0.3) is 0 Å². The Hall–Kier alpha value is -0.193. The molecule has 4 heteroatoms. The van der Waals surface area contributed by atoms with Crippen LogP contribution in [0.15, 0.2) is 0 Å². The predicted octanol–water partition coefficient (Wildman–Crippen LogP) is 3.92. The fraction of sp³-hybridized carbons (Fsp3) is 0.938. The molecule has 1 aliphatic carbocycles. The lowest BCUT2D eigenvalue weighted by atomic mass is 9.91. The van der Waals surface area contributed by atoms with Crippen molar-refractivity contribution in [3.63, 3.8) is 0 Å². The number of hydrogen-bond acceptors (Lipinski definition) is 3. The number of hydrogen-bond donors (Lipinski definition) is 0. The van der Waals surface area contributed by atoms with Gasteiger partial charge in [-0.15, -0.1) is 0 Å². The van der Waals surface area contributed by atoms with Crippen molar-refractivity contribution in [2.24, 2.45) is 5.92 Å². The van der Waals surface area contributed by atoms with E-state index in [1.165, 1.54) is 0 Å². The minimum absolute atomic E-state index is 0.166. The Morgan fingerprint density at radius 2 is 1.80 bits per heavy atom. The lowest BCUT2D eigenvalue weighted by Crippen LogP contribution is -2.52. The number of rotatable bonds is 3. The van der Waals surface area contributed by atoms with Gasteiger partial charge in [0.15, 0.2) is 14.1 Å². The molecule has 3 nitrogen and oxygen atoms in total. The number of carbonyl (C=O) groups is 1. The Bertz CT molecular complexity index is 422. The Kier molecular flexibility index (Phi) is 3.56. The van der Waals surface area contributed by atoms with Crippen LogP contribution in [0, 0.1) is 5.92 Å². The molecule has 116 valence electrons. The minimum Gasteiger partial charge on any atom is -0.413 e. The molecule has 0 radical (unpaired) electrons. The van der Waals surface area contributed by atoms with Gasteiger partial charge < -0.3 is 9.16 Å². The lowest BCUT2D eigenvalue weighted by molar-refractivity contribution is -0.168. The van der Waals surface area contributed by atoms with Gasteiger partial charge in [-0.2, -0.15) is 0 Å². The monoisotopic (exact) mass is 298 g/mol. The smallest absolute Gasteiger partial charge is 0.192 e. The summed E-state index contributed by atoms with van der Waals surface area (Å²) < 4.78 is 12.7. The van der Waals surface area contributed by atoms with Gasteiger partial charge in [0.05, 0.1) is 11.7 Å². The van der Waals surface area contributed by atoms with Crippen LogP contribution >= 0.6 is 0 Å². The second-order valence-corrected chi connectivity index (χ2v) is 13.5. The maximum absolute atomic E-state index is 12.0. The van der Waals surface area contributed by atoms with Gasteiger partial charge in [-0.25, -0.2) is 0 Å². The van der Waals surface area contributed by atoms with Gasteiger partial charge in [0.2, 0.25) is 0 Å². The standard InChI is InChI=1S/C16H30O3Si/c1-11(17)16-9-12(16)13(10-15(5,6)19-16)18-20(7,8)14(2,3)4/h12-13H,9-10H2,1-8H3/t12-,13-,16+/m0/s1. The van der Waals surface area contributed by atoms with E-state index in [1.807, 2.05) is 0 Å². The van der Waals surface area contributed by atoms with E-state index < -0.39 is 13.9 Å². The van der Waals surface area contributed by atoms with E-state index in [0.29, 0.717) is 0 Å². The SMILES string of the molecule is CC(=O)[C@]12C[C@H]1[C@@H](O[Si](C)(C)C(C)(C)C)CC(C)(C)O2. The lowest BCUT2D eigenvalue weighted by Gasteiger charge is -2.45. The molecule has 0 bridgehead atoms. The van der Waals surface area contributed by atoms with Gasteiger partial charge in [-0.3, -0.25) is 4.79 Å². The maximum atomic E-state index is 12.0. The van der Waals surface area contributed by atoms with E-state index in [2.05, 4.69) is 47.7 Å². The Labute approximate surface area is 124 Å². The molecule has 1 aliphatic heterocycles. The first-order chi connectivity index (χ1) is 8.81. The molecule has 0 spiro atoms. The summed E-state index contributed by atoms with van der Waals surface area (Å²) in [6.45, 7) is 17.2. The average molecular weight is 298 g/mol. The van der Waals surface area contributed by atoms with E-state index in [9.17, 15) is 4.79 Å². The Balaban J connectivity index is 2.20. The molecule has 0 aromatic carbocycles. The Morgan fingerprint density at radius 1 is 1.25 bits per heavy atom. The van der Waals surface area contributed by atoms with Gasteiger partial charge >= 0.3 is 0 Å². The van der Waals surface area contributed by atoms with Crippen LogP contribution in [0.2, 0.25) is 18.1 Å². The molecule has 0 N–H and O–H groups in total. The highest BCUT2D eigenvalue weighted by Crippen LogP contribution is 2.59. The summed E-state index contributed by atoms with van der Waals surface area (Å²) in [7, 11) is -1.80. The molecule has 1 heterocycles. The fourth-order valence-electron chi connectivity index (χ4n) is 3.13. The fourth-order valence-corrected chi connectivity index (χ4v) is 4.49. The highest BCUT2D eigenvalue weighted by Gasteiger charge is 2.68. The van der Waals surface area contributed by atoms with E-state index in [4.69, 9.17) is 9.16 Å². The quantitative estimate of drug-likeness (QED) is 0.741.